The second kappa shape index (κ2) is 4.41. The monoisotopic (exact) mass is 294 g/mol. The molecule has 2 bridgehead atoms. The zero-order valence-electron chi connectivity index (χ0n) is 11.6. The Morgan fingerprint density at radius 3 is 2.57 bits per heavy atom. The summed E-state index contributed by atoms with van der Waals surface area (Å²) in [7, 11) is 0. The Morgan fingerprint density at radius 1 is 1.24 bits per heavy atom. The van der Waals surface area contributed by atoms with Gasteiger partial charge < -0.3 is 14.2 Å². The van der Waals surface area contributed by atoms with E-state index in [-0.39, 0.29) is 5.76 Å². The average molecular weight is 294 g/mol. The predicted molar refractivity (Wildman–Crippen MR) is 65.1 cm³/mol. The quantitative estimate of drug-likeness (QED) is 0.415. The van der Waals surface area contributed by atoms with Crippen LogP contribution < -0.4 is 0 Å². The normalized spacial score (nSPS) is 36.7. The van der Waals surface area contributed by atoms with Crippen molar-refractivity contribution in [3.8, 4) is 0 Å². The third-order valence-corrected chi connectivity index (χ3v) is 4.24. The number of esters is 4. The van der Waals surface area contributed by atoms with Crippen LogP contribution in [0.3, 0.4) is 0 Å². The Kier molecular flexibility index (Phi) is 2.89. The number of fused-ring (bicyclic) bond motifs is 1. The number of ether oxygens (including phenoxy) is 3. The van der Waals surface area contributed by atoms with Crippen molar-refractivity contribution < 1.29 is 33.4 Å². The zero-order valence-corrected chi connectivity index (χ0v) is 11.6. The molecule has 112 valence electrons. The Bertz CT molecular complexity index is 590. The van der Waals surface area contributed by atoms with Gasteiger partial charge in [0, 0.05) is 19.8 Å². The first-order valence-corrected chi connectivity index (χ1v) is 6.70. The highest BCUT2D eigenvalue weighted by atomic mass is 16.6. The molecule has 4 aliphatic rings. The van der Waals surface area contributed by atoms with Crippen molar-refractivity contribution in [2.45, 2.75) is 32.3 Å². The van der Waals surface area contributed by atoms with E-state index in [0.29, 0.717) is 12.8 Å². The van der Waals surface area contributed by atoms with Crippen molar-refractivity contribution in [1.82, 2.24) is 0 Å². The molecule has 7 heteroatoms. The summed E-state index contributed by atoms with van der Waals surface area (Å²) in [5, 5.41) is 0. The lowest BCUT2D eigenvalue weighted by Crippen LogP contribution is -2.55. The van der Waals surface area contributed by atoms with E-state index >= 15 is 0 Å². The Morgan fingerprint density at radius 2 is 1.95 bits per heavy atom. The lowest BCUT2D eigenvalue weighted by molar-refractivity contribution is -0.172. The SMILES string of the molecule is CC(=O)OC1=CC2(OC(C)=O)CCC1C1C(=O)OC(=O)C12. The van der Waals surface area contributed by atoms with Gasteiger partial charge in [0.2, 0.25) is 0 Å². The van der Waals surface area contributed by atoms with Gasteiger partial charge in [-0.15, -0.1) is 0 Å². The van der Waals surface area contributed by atoms with Crippen LogP contribution in [0, 0.1) is 17.8 Å². The topological polar surface area (TPSA) is 96.0 Å². The van der Waals surface area contributed by atoms with Crippen molar-refractivity contribution >= 4 is 23.9 Å². The van der Waals surface area contributed by atoms with Crippen molar-refractivity contribution in [3.63, 3.8) is 0 Å². The van der Waals surface area contributed by atoms with E-state index in [1.165, 1.54) is 19.9 Å². The molecule has 2 fully saturated rings. The largest absolute Gasteiger partial charge is 0.454 e. The molecular weight excluding hydrogens is 280 g/mol. The van der Waals surface area contributed by atoms with Gasteiger partial charge in [0.15, 0.2) is 0 Å². The summed E-state index contributed by atoms with van der Waals surface area (Å²) in [6.07, 6.45) is 2.37. The van der Waals surface area contributed by atoms with E-state index in [4.69, 9.17) is 14.2 Å². The molecule has 1 aliphatic heterocycles. The molecule has 0 spiro atoms. The number of allylic oxidation sites excluding steroid dienone is 1. The summed E-state index contributed by atoms with van der Waals surface area (Å²) in [6, 6.07) is 0. The van der Waals surface area contributed by atoms with Crippen molar-refractivity contribution in [2.75, 3.05) is 0 Å². The number of hydrogen-bond acceptors (Lipinski definition) is 7. The van der Waals surface area contributed by atoms with Gasteiger partial charge in [-0.05, 0) is 18.9 Å². The predicted octanol–water partition coefficient (Wildman–Crippen LogP) is 0.475. The summed E-state index contributed by atoms with van der Waals surface area (Å²) in [5.41, 5.74) is -1.26. The molecule has 0 aromatic heterocycles. The minimum absolute atomic E-state index is 0.280. The van der Waals surface area contributed by atoms with Gasteiger partial charge in [-0.1, -0.05) is 0 Å². The second-order valence-electron chi connectivity index (χ2n) is 5.58. The molecule has 7 nitrogen and oxygen atoms in total. The van der Waals surface area contributed by atoms with Gasteiger partial charge in [0.25, 0.3) is 0 Å². The number of carbonyl (C=O) groups is 4. The maximum absolute atomic E-state index is 12.0. The van der Waals surface area contributed by atoms with Crippen LogP contribution in [0.2, 0.25) is 0 Å². The van der Waals surface area contributed by atoms with Crippen molar-refractivity contribution in [3.05, 3.63) is 11.8 Å². The van der Waals surface area contributed by atoms with Gasteiger partial charge in [-0.2, -0.15) is 0 Å². The Labute approximate surface area is 120 Å². The van der Waals surface area contributed by atoms with Crippen molar-refractivity contribution in [2.24, 2.45) is 17.8 Å². The van der Waals surface area contributed by atoms with Crippen LogP contribution in [0.4, 0.5) is 0 Å². The number of carbonyl (C=O) groups excluding carboxylic acids is 4. The molecule has 1 saturated carbocycles. The molecule has 4 unspecified atom stereocenters. The number of rotatable bonds is 2. The molecule has 0 N–H and O–H groups in total. The first-order valence-electron chi connectivity index (χ1n) is 6.70. The molecule has 0 amide bonds. The van der Waals surface area contributed by atoms with Crippen LogP contribution in [0.25, 0.3) is 0 Å². The lowest BCUT2D eigenvalue weighted by Gasteiger charge is -2.47. The molecule has 4 atom stereocenters. The summed E-state index contributed by atoms with van der Waals surface area (Å²) in [4.78, 5) is 46.5. The summed E-state index contributed by atoms with van der Waals surface area (Å²) < 4.78 is 15.2. The Hall–Kier alpha value is -2.18. The fraction of sp³-hybridized carbons (Fsp3) is 0.571. The first kappa shape index (κ1) is 13.8. The van der Waals surface area contributed by atoms with Gasteiger partial charge in [0.05, 0.1) is 5.92 Å². The van der Waals surface area contributed by atoms with E-state index in [1.807, 2.05) is 0 Å². The van der Waals surface area contributed by atoms with Gasteiger partial charge in [0.1, 0.15) is 17.3 Å². The van der Waals surface area contributed by atoms with Crippen LogP contribution in [0.15, 0.2) is 11.8 Å². The molecule has 3 aliphatic carbocycles. The standard InChI is InChI=1S/C14H14O7/c1-6(15)19-9-5-14(21-7(2)16)4-3-8(9)10-11(14)13(18)20-12(10)17/h5,8,10-11H,3-4H2,1-2H3. The fourth-order valence-electron chi connectivity index (χ4n) is 3.64. The molecule has 1 heterocycles. The second-order valence-corrected chi connectivity index (χ2v) is 5.58. The number of hydrogen-bond donors (Lipinski definition) is 0. The molecule has 0 radical (unpaired) electrons. The van der Waals surface area contributed by atoms with Crippen LogP contribution in [0.5, 0.6) is 0 Å². The average Bonchev–Trinajstić information content (AvgIpc) is 2.65. The maximum Gasteiger partial charge on any atom is 0.321 e. The highest BCUT2D eigenvalue weighted by Crippen LogP contribution is 2.55. The summed E-state index contributed by atoms with van der Waals surface area (Å²) in [5.74, 6) is -4.16. The highest BCUT2D eigenvalue weighted by molar-refractivity contribution is 5.98. The van der Waals surface area contributed by atoms with Crippen molar-refractivity contribution in [1.29, 1.82) is 0 Å². The van der Waals surface area contributed by atoms with Gasteiger partial charge in [-0.3, -0.25) is 19.2 Å². The zero-order chi connectivity index (χ0) is 15.4. The van der Waals surface area contributed by atoms with E-state index < -0.39 is 47.2 Å². The van der Waals surface area contributed by atoms with E-state index in [2.05, 4.69) is 0 Å². The summed E-state index contributed by atoms with van der Waals surface area (Å²) >= 11 is 0. The minimum atomic E-state index is -1.26. The smallest absolute Gasteiger partial charge is 0.321 e. The maximum atomic E-state index is 12.0. The third-order valence-electron chi connectivity index (χ3n) is 4.24. The summed E-state index contributed by atoms with van der Waals surface area (Å²) in [6.45, 7) is 2.48. The molecule has 0 aromatic rings. The number of cyclic esters (lactones) is 2. The highest BCUT2D eigenvalue weighted by Gasteiger charge is 2.66. The van der Waals surface area contributed by atoms with Crippen LogP contribution in [0.1, 0.15) is 26.7 Å². The first-order chi connectivity index (χ1) is 9.84. The van der Waals surface area contributed by atoms with E-state index in [1.54, 1.807) is 0 Å². The van der Waals surface area contributed by atoms with E-state index in [0.717, 1.165) is 0 Å². The van der Waals surface area contributed by atoms with Gasteiger partial charge in [-0.25, -0.2) is 0 Å². The van der Waals surface area contributed by atoms with Crippen LogP contribution in [-0.4, -0.2) is 29.5 Å². The third kappa shape index (κ3) is 1.95. The lowest BCUT2D eigenvalue weighted by atomic mass is 9.59. The molecular formula is C14H14O7. The van der Waals surface area contributed by atoms with E-state index in [9.17, 15) is 19.2 Å². The van der Waals surface area contributed by atoms with Gasteiger partial charge >= 0.3 is 23.9 Å². The Balaban J connectivity index is 2.08. The molecule has 21 heavy (non-hydrogen) atoms. The molecule has 0 aromatic carbocycles. The molecule has 1 saturated heterocycles. The van der Waals surface area contributed by atoms with Crippen LogP contribution in [-0.2, 0) is 33.4 Å². The molecule has 4 rings (SSSR count). The van der Waals surface area contributed by atoms with Crippen LogP contribution >= 0.6 is 0 Å². The minimum Gasteiger partial charge on any atom is -0.454 e. The fourth-order valence-corrected chi connectivity index (χ4v) is 3.64.